The van der Waals surface area contributed by atoms with Gasteiger partial charge in [-0.2, -0.15) is 0 Å². The minimum atomic E-state index is -0.748. The highest BCUT2D eigenvalue weighted by molar-refractivity contribution is 8.01. The molecule has 180 valence electrons. The van der Waals surface area contributed by atoms with E-state index in [0.29, 0.717) is 5.75 Å². The zero-order valence-electron chi connectivity index (χ0n) is 19.3. The number of rotatable bonds is 7. The van der Waals surface area contributed by atoms with Gasteiger partial charge in [0.1, 0.15) is 29.8 Å². The molecule has 1 N–H and O–H groups in total. The van der Waals surface area contributed by atoms with E-state index in [1.807, 2.05) is 62.4 Å². The number of carbonyl (C=O) groups is 3. The highest BCUT2D eigenvalue weighted by Crippen LogP contribution is 2.51. The van der Waals surface area contributed by atoms with Gasteiger partial charge >= 0.3 is 5.97 Å². The van der Waals surface area contributed by atoms with Gasteiger partial charge in [-0.15, -0.1) is 11.8 Å². The number of aromatic nitrogens is 1. The monoisotopic (exact) mass is 491 g/mol. The van der Waals surface area contributed by atoms with Gasteiger partial charge < -0.3 is 19.7 Å². The van der Waals surface area contributed by atoms with Gasteiger partial charge in [-0.3, -0.25) is 14.6 Å². The average Bonchev–Trinajstić information content (AvgIpc) is 3.12. The van der Waals surface area contributed by atoms with Crippen molar-refractivity contribution in [2.45, 2.75) is 42.7 Å². The topological polar surface area (TPSA) is 97.8 Å². The first-order valence-electron chi connectivity index (χ1n) is 11.3. The summed E-state index contributed by atoms with van der Waals surface area (Å²) < 4.78 is 10.6. The van der Waals surface area contributed by atoms with Gasteiger partial charge in [0.2, 0.25) is 5.91 Å². The van der Waals surface area contributed by atoms with Crippen molar-refractivity contribution in [2.75, 3.05) is 6.61 Å². The first kappa shape index (κ1) is 23.2. The molecule has 2 aliphatic rings. The summed E-state index contributed by atoms with van der Waals surface area (Å²) in [5.74, 6) is -0.581. The largest absolute Gasteiger partial charge is 0.484 e. The van der Waals surface area contributed by atoms with Crippen LogP contribution in [0.15, 0.2) is 66.9 Å². The standard InChI is InChI=1S/C26H25N3O5S/c1-26(2)22(25(32)34-14-17-9-6-8-16-10-7-13-27-20(16)17)29-23(31)21(24(29)35-26)28-19(30)15-33-18-11-4-3-5-12-18/h3-13,21-22,24H,14-15H2,1-2H3,(H,28,30)/t21-,22-,24-/m1/s1. The zero-order chi connectivity index (χ0) is 24.6. The second-order valence-corrected chi connectivity index (χ2v) is 10.8. The fraction of sp³-hybridized carbons (Fsp3) is 0.308. The molecule has 0 radical (unpaired) electrons. The lowest BCUT2D eigenvalue weighted by Gasteiger charge is -2.43. The van der Waals surface area contributed by atoms with Gasteiger partial charge in [0.05, 0.1) is 5.52 Å². The number of amides is 2. The fourth-order valence-corrected chi connectivity index (χ4v) is 6.14. The molecule has 0 bridgehead atoms. The predicted molar refractivity (Wildman–Crippen MR) is 131 cm³/mol. The van der Waals surface area contributed by atoms with E-state index in [1.165, 1.54) is 16.7 Å². The molecule has 5 rings (SSSR count). The lowest BCUT2D eigenvalue weighted by atomic mass is 9.96. The third kappa shape index (κ3) is 4.43. The predicted octanol–water partition coefficient (Wildman–Crippen LogP) is 2.90. The van der Waals surface area contributed by atoms with E-state index in [1.54, 1.807) is 18.3 Å². The SMILES string of the molecule is CC1(C)S[C@@H]2[C@H](NC(=O)COc3ccccc3)C(=O)N2[C@@H]1C(=O)OCc1cccc2cccnc12. The molecule has 0 saturated carbocycles. The molecule has 9 heteroatoms. The van der Waals surface area contributed by atoms with Gasteiger partial charge in [-0.05, 0) is 32.0 Å². The Hall–Kier alpha value is -3.59. The first-order chi connectivity index (χ1) is 16.8. The molecule has 3 aromatic rings. The van der Waals surface area contributed by atoms with Gasteiger partial charge in [-0.25, -0.2) is 4.79 Å². The normalized spacial score (nSPS) is 22.3. The van der Waals surface area contributed by atoms with Crippen LogP contribution in [-0.4, -0.2) is 56.5 Å². The molecular formula is C26H25N3O5S. The molecule has 1 aromatic heterocycles. The van der Waals surface area contributed by atoms with Crippen LogP contribution in [0.25, 0.3) is 10.9 Å². The highest BCUT2D eigenvalue weighted by Gasteiger charge is 2.64. The number of β-lactam (4-membered cyclic amide) rings is 1. The molecule has 0 aliphatic carbocycles. The van der Waals surface area contributed by atoms with Crippen LogP contribution in [0.1, 0.15) is 19.4 Å². The smallest absolute Gasteiger partial charge is 0.330 e. The number of nitrogens with zero attached hydrogens (tertiary/aromatic N) is 2. The second kappa shape index (κ2) is 9.22. The summed E-state index contributed by atoms with van der Waals surface area (Å²) in [7, 11) is 0. The Morgan fingerprint density at radius 2 is 1.86 bits per heavy atom. The van der Waals surface area contributed by atoms with Crippen molar-refractivity contribution in [2.24, 2.45) is 0 Å². The quantitative estimate of drug-likeness (QED) is 0.401. The molecule has 35 heavy (non-hydrogen) atoms. The average molecular weight is 492 g/mol. The van der Waals surface area contributed by atoms with Crippen molar-refractivity contribution in [1.82, 2.24) is 15.2 Å². The number of thioether (sulfide) groups is 1. The molecule has 2 aromatic carbocycles. The summed E-state index contributed by atoms with van der Waals surface area (Å²) in [6, 6.07) is 17.1. The fourth-order valence-electron chi connectivity index (χ4n) is 4.52. The van der Waals surface area contributed by atoms with Crippen molar-refractivity contribution in [3.63, 3.8) is 0 Å². The maximum Gasteiger partial charge on any atom is 0.330 e. The van der Waals surface area contributed by atoms with E-state index in [-0.39, 0.29) is 30.4 Å². The Morgan fingerprint density at radius 3 is 2.66 bits per heavy atom. The molecule has 2 saturated heterocycles. The van der Waals surface area contributed by atoms with E-state index in [9.17, 15) is 14.4 Å². The Morgan fingerprint density at radius 1 is 1.09 bits per heavy atom. The number of para-hydroxylation sites is 2. The van der Waals surface area contributed by atoms with Crippen LogP contribution < -0.4 is 10.1 Å². The van der Waals surface area contributed by atoms with E-state index in [0.717, 1.165) is 16.5 Å². The van der Waals surface area contributed by atoms with Crippen molar-refractivity contribution >= 4 is 40.4 Å². The van der Waals surface area contributed by atoms with Gasteiger partial charge in [0, 0.05) is 21.9 Å². The summed E-state index contributed by atoms with van der Waals surface area (Å²) in [5.41, 5.74) is 1.58. The van der Waals surface area contributed by atoms with Crippen molar-refractivity contribution in [3.8, 4) is 5.75 Å². The number of hydrogen-bond donors (Lipinski definition) is 1. The number of benzene rings is 2. The van der Waals surface area contributed by atoms with Gasteiger partial charge in [0.15, 0.2) is 6.61 Å². The zero-order valence-corrected chi connectivity index (χ0v) is 20.2. The number of nitrogens with one attached hydrogen (secondary N) is 1. The van der Waals surface area contributed by atoms with Crippen molar-refractivity contribution < 1.29 is 23.9 Å². The van der Waals surface area contributed by atoms with Crippen LogP contribution in [0.4, 0.5) is 0 Å². The molecule has 0 unspecified atom stereocenters. The van der Waals surface area contributed by atoms with Crippen LogP contribution in [-0.2, 0) is 25.7 Å². The Labute approximate surface area is 207 Å². The number of hydrogen-bond acceptors (Lipinski definition) is 7. The van der Waals surface area contributed by atoms with E-state index in [4.69, 9.17) is 9.47 Å². The summed E-state index contributed by atoms with van der Waals surface area (Å²) in [5, 5.41) is 3.37. The lowest BCUT2D eigenvalue weighted by molar-refractivity contribution is -0.165. The Bertz CT molecular complexity index is 1280. The van der Waals surface area contributed by atoms with Crippen LogP contribution in [0.5, 0.6) is 5.75 Å². The number of fused-ring (bicyclic) bond motifs is 2. The molecule has 2 amide bonds. The minimum Gasteiger partial charge on any atom is -0.484 e. The number of ether oxygens (including phenoxy) is 2. The number of pyridine rings is 1. The minimum absolute atomic E-state index is 0.0636. The number of carbonyl (C=O) groups excluding carboxylic acids is 3. The molecule has 8 nitrogen and oxygen atoms in total. The third-order valence-electron chi connectivity index (χ3n) is 6.18. The molecule has 0 spiro atoms. The second-order valence-electron chi connectivity index (χ2n) is 9.01. The molecule has 2 aliphatic heterocycles. The third-order valence-corrected chi connectivity index (χ3v) is 7.75. The van der Waals surface area contributed by atoms with E-state index < -0.39 is 22.8 Å². The van der Waals surface area contributed by atoms with E-state index in [2.05, 4.69) is 10.3 Å². The summed E-state index contributed by atoms with van der Waals surface area (Å²) >= 11 is 1.48. The van der Waals surface area contributed by atoms with Crippen LogP contribution in [0.2, 0.25) is 0 Å². The maximum absolute atomic E-state index is 13.1. The summed E-state index contributed by atoms with van der Waals surface area (Å²) in [6.07, 6.45) is 1.70. The first-order valence-corrected chi connectivity index (χ1v) is 12.2. The lowest BCUT2D eigenvalue weighted by Crippen LogP contribution is -2.71. The summed E-state index contributed by atoms with van der Waals surface area (Å²) in [4.78, 5) is 44.4. The Kier molecular flexibility index (Phi) is 6.10. The van der Waals surface area contributed by atoms with Crippen molar-refractivity contribution in [3.05, 3.63) is 72.4 Å². The molecule has 3 heterocycles. The number of esters is 1. The van der Waals surface area contributed by atoms with Gasteiger partial charge in [-0.1, -0.05) is 42.5 Å². The van der Waals surface area contributed by atoms with Crippen molar-refractivity contribution in [1.29, 1.82) is 0 Å². The van der Waals surface area contributed by atoms with Crippen LogP contribution >= 0.6 is 11.8 Å². The Balaban J connectivity index is 1.21. The maximum atomic E-state index is 13.1. The molecule has 2 fully saturated rings. The van der Waals surface area contributed by atoms with Crippen LogP contribution in [0, 0.1) is 0 Å². The van der Waals surface area contributed by atoms with Crippen LogP contribution in [0.3, 0.4) is 0 Å². The molecule has 3 atom stereocenters. The highest BCUT2D eigenvalue weighted by atomic mass is 32.2. The van der Waals surface area contributed by atoms with E-state index >= 15 is 0 Å². The molecular weight excluding hydrogens is 466 g/mol. The summed E-state index contributed by atoms with van der Waals surface area (Å²) in [6.45, 7) is 3.69. The van der Waals surface area contributed by atoms with Gasteiger partial charge in [0.25, 0.3) is 5.91 Å².